The summed E-state index contributed by atoms with van der Waals surface area (Å²) in [7, 11) is 0. The van der Waals surface area contributed by atoms with Crippen LogP contribution < -0.4 is 0 Å². The molecule has 3 heteroatoms. The van der Waals surface area contributed by atoms with Crippen LogP contribution in [0.3, 0.4) is 0 Å². The van der Waals surface area contributed by atoms with Crippen LogP contribution in [-0.2, 0) is 4.79 Å². The first kappa shape index (κ1) is 16.4. The van der Waals surface area contributed by atoms with Gasteiger partial charge in [-0.25, -0.2) is 0 Å². The van der Waals surface area contributed by atoms with Gasteiger partial charge in [-0.15, -0.1) is 11.6 Å². The first-order chi connectivity index (χ1) is 7.56. The summed E-state index contributed by atoms with van der Waals surface area (Å²) in [5, 5.41) is 0. The monoisotopic (exact) mass is 310 g/mol. The maximum atomic E-state index is 11.5. The topological polar surface area (TPSA) is 17.1 Å². The predicted molar refractivity (Wildman–Crippen MR) is 75.4 cm³/mol. The molecule has 0 heterocycles. The van der Waals surface area contributed by atoms with Crippen molar-refractivity contribution in [2.75, 3.05) is 0 Å². The van der Waals surface area contributed by atoms with Crippen LogP contribution in [0.25, 0.3) is 0 Å². The standard InChI is InChI=1S/C13H24BrClO/c1-3-5-7-9-11-13(15,12(14)16)10-8-6-4-2/h3-11H2,1-2H3. The number of hydrogen-bond acceptors (Lipinski definition) is 1. The molecule has 0 aliphatic rings. The largest absolute Gasteiger partial charge is 0.285 e. The van der Waals surface area contributed by atoms with Gasteiger partial charge in [-0.3, -0.25) is 4.79 Å². The predicted octanol–water partition coefficient (Wildman–Crippen LogP) is 5.44. The molecule has 0 fully saturated rings. The molecule has 1 nitrogen and oxygen atoms in total. The minimum Gasteiger partial charge on any atom is -0.285 e. The lowest BCUT2D eigenvalue weighted by Crippen LogP contribution is -2.28. The molecule has 0 bridgehead atoms. The van der Waals surface area contributed by atoms with Gasteiger partial charge in [0, 0.05) is 0 Å². The van der Waals surface area contributed by atoms with Gasteiger partial charge in [0.15, 0.2) is 0 Å². The van der Waals surface area contributed by atoms with Gasteiger partial charge in [0.05, 0.1) is 0 Å². The van der Waals surface area contributed by atoms with Crippen molar-refractivity contribution in [3.8, 4) is 0 Å². The van der Waals surface area contributed by atoms with E-state index in [1.807, 2.05) is 0 Å². The molecule has 0 aromatic heterocycles. The van der Waals surface area contributed by atoms with E-state index in [1.54, 1.807) is 0 Å². The average molecular weight is 312 g/mol. The molecule has 0 aliphatic heterocycles. The van der Waals surface area contributed by atoms with E-state index in [0.717, 1.165) is 32.1 Å². The molecule has 16 heavy (non-hydrogen) atoms. The summed E-state index contributed by atoms with van der Waals surface area (Å²) in [5.74, 6) is 0. The Bertz CT molecular complexity index is 196. The molecular formula is C13H24BrClO. The first-order valence-corrected chi connectivity index (χ1v) is 7.62. The van der Waals surface area contributed by atoms with Crippen LogP contribution in [0.2, 0.25) is 0 Å². The van der Waals surface area contributed by atoms with E-state index in [-0.39, 0.29) is 4.69 Å². The van der Waals surface area contributed by atoms with E-state index >= 15 is 0 Å². The Morgan fingerprint density at radius 2 is 1.44 bits per heavy atom. The molecule has 0 aromatic rings. The van der Waals surface area contributed by atoms with Crippen LogP contribution >= 0.6 is 27.5 Å². The third-order valence-electron chi connectivity index (χ3n) is 2.96. The lowest BCUT2D eigenvalue weighted by molar-refractivity contribution is -0.113. The number of carbonyl (C=O) groups excluding carboxylic acids is 1. The van der Waals surface area contributed by atoms with Gasteiger partial charge in [0.1, 0.15) is 4.87 Å². The van der Waals surface area contributed by atoms with Crippen molar-refractivity contribution in [3.63, 3.8) is 0 Å². The van der Waals surface area contributed by atoms with Gasteiger partial charge in [-0.1, -0.05) is 58.8 Å². The highest BCUT2D eigenvalue weighted by atomic mass is 79.9. The third-order valence-corrected chi connectivity index (χ3v) is 4.49. The minimum absolute atomic E-state index is 0.0331. The minimum atomic E-state index is -0.650. The Kier molecular flexibility index (Phi) is 9.73. The number of carbonyl (C=O) groups is 1. The number of hydrogen-bond donors (Lipinski definition) is 0. The van der Waals surface area contributed by atoms with Crippen molar-refractivity contribution in [1.82, 2.24) is 0 Å². The highest BCUT2D eigenvalue weighted by molar-refractivity contribution is 9.18. The molecule has 1 unspecified atom stereocenters. The summed E-state index contributed by atoms with van der Waals surface area (Å²) in [4.78, 5) is 10.9. The quantitative estimate of drug-likeness (QED) is 0.298. The summed E-state index contributed by atoms with van der Waals surface area (Å²) in [5.41, 5.74) is 0. The Labute approximate surface area is 113 Å². The summed E-state index contributed by atoms with van der Waals surface area (Å²) < 4.78 is -0.0331. The summed E-state index contributed by atoms with van der Waals surface area (Å²) >= 11 is 9.44. The number of halogens is 2. The molecule has 0 saturated heterocycles. The van der Waals surface area contributed by atoms with Crippen molar-refractivity contribution >= 4 is 32.2 Å². The van der Waals surface area contributed by atoms with Crippen LogP contribution in [0.4, 0.5) is 0 Å². The molecule has 0 rings (SSSR count). The Hall–Kier alpha value is 0.440. The molecule has 0 spiro atoms. The zero-order valence-corrected chi connectivity index (χ0v) is 12.9. The molecule has 0 radical (unpaired) electrons. The van der Waals surface area contributed by atoms with Gasteiger partial charge in [-0.05, 0) is 28.8 Å². The fraction of sp³-hybridized carbons (Fsp3) is 0.923. The van der Waals surface area contributed by atoms with Crippen molar-refractivity contribution in [2.24, 2.45) is 0 Å². The van der Waals surface area contributed by atoms with E-state index in [4.69, 9.17) is 11.6 Å². The zero-order chi connectivity index (χ0) is 12.4. The third kappa shape index (κ3) is 6.90. The van der Waals surface area contributed by atoms with Crippen molar-refractivity contribution in [3.05, 3.63) is 0 Å². The summed E-state index contributed by atoms with van der Waals surface area (Å²) in [6, 6.07) is 0. The molecule has 0 N–H and O–H groups in total. The molecule has 0 aromatic carbocycles. The van der Waals surface area contributed by atoms with Crippen molar-refractivity contribution in [2.45, 2.75) is 76.5 Å². The van der Waals surface area contributed by atoms with Gasteiger partial charge >= 0.3 is 0 Å². The molecule has 0 saturated carbocycles. The van der Waals surface area contributed by atoms with E-state index in [1.165, 1.54) is 25.7 Å². The highest BCUT2D eigenvalue weighted by Crippen LogP contribution is 2.32. The van der Waals surface area contributed by atoms with Gasteiger partial charge in [0.2, 0.25) is 4.69 Å². The maximum absolute atomic E-state index is 11.5. The number of alkyl halides is 1. The smallest absolute Gasteiger partial charge is 0.218 e. The van der Waals surface area contributed by atoms with E-state index in [9.17, 15) is 4.79 Å². The average Bonchev–Trinajstić information content (AvgIpc) is 2.25. The fourth-order valence-corrected chi connectivity index (χ4v) is 2.47. The van der Waals surface area contributed by atoms with Gasteiger partial charge < -0.3 is 0 Å². The second kappa shape index (κ2) is 9.47. The van der Waals surface area contributed by atoms with Crippen LogP contribution in [0.5, 0.6) is 0 Å². The number of rotatable bonds is 10. The second-order valence-electron chi connectivity index (χ2n) is 4.51. The molecular weight excluding hydrogens is 287 g/mol. The van der Waals surface area contributed by atoms with Gasteiger partial charge in [-0.2, -0.15) is 0 Å². The zero-order valence-electron chi connectivity index (χ0n) is 10.5. The highest BCUT2D eigenvalue weighted by Gasteiger charge is 2.32. The van der Waals surface area contributed by atoms with Crippen LogP contribution in [0, 0.1) is 0 Å². The van der Waals surface area contributed by atoms with E-state index < -0.39 is 4.87 Å². The molecule has 1 atom stereocenters. The summed E-state index contributed by atoms with van der Waals surface area (Å²) in [6.45, 7) is 4.35. The molecule has 0 aliphatic carbocycles. The van der Waals surface area contributed by atoms with E-state index in [0.29, 0.717) is 0 Å². The second-order valence-corrected chi connectivity index (χ2v) is 5.95. The van der Waals surface area contributed by atoms with Crippen LogP contribution in [0.15, 0.2) is 0 Å². The lowest BCUT2D eigenvalue weighted by Gasteiger charge is -2.22. The first-order valence-electron chi connectivity index (χ1n) is 6.45. The maximum Gasteiger partial charge on any atom is 0.218 e. The van der Waals surface area contributed by atoms with E-state index in [2.05, 4.69) is 29.8 Å². The lowest BCUT2D eigenvalue weighted by atomic mass is 9.95. The molecule has 96 valence electrons. The molecule has 0 amide bonds. The van der Waals surface area contributed by atoms with Crippen molar-refractivity contribution in [1.29, 1.82) is 0 Å². The van der Waals surface area contributed by atoms with Crippen LogP contribution in [0.1, 0.15) is 71.6 Å². The normalized spacial score (nSPS) is 14.8. The Morgan fingerprint density at radius 1 is 1.00 bits per heavy atom. The Morgan fingerprint density at radius 3 is 1.88 bits per heavy atom. The number of unbranched alkanes of at least 4 members (excludes halogenated alkanes) is 5. The summed E-state index contributed by atoms with van der Waals surface area (Å²) in [6.07, 6.45) is 9.67. The van der Waals surface area contributed by atoms with Crippen molar-refractivity contribution < 1.29 is 4.79 Å². The van der Waals surface area contributed by atoms with Gasteiger partial charge in [0.25, 0.3) is 0 Å². The van der Waals surface area contributed by atoms with Crippen LogP contribution in [-0.4, -0.2) is 9.57 Å². The fourth-order valence-electron chi connectivity index (χ4n) is 1.81. The Balaban J connectivity index is 3.96. The SMILES string of the molecule is CCCCCCC(Cl)(CCCCC)C(=O)Br.